The minimum atomic E-state index is -0.622. The Hall–Kier alpha value is -4.06. The number of carbonyl (C=O) groups is 2. The first-order valence-corrected chi connectivity index (χ1v) is 12.8. The first kappa shape index (κ1) is 24.6. The molecular formula is C31H33N3O3. The third-order valence-electron chi connectivity index (χ3n) is 7.15. The molecule has 4 aromatic rings. The third-order valence-corrected chi connectivity index (χ3v) is 7.15. The first-order chi connectivity index (χ1) is 17.9. The van der Waals surface area contributed by atoms with E-state index >= 15 is 0 Å². The Morgan fingerprint density at radius 2 is 1.81 bits per heavy atom. The number of carbonyl (C=O) groups excluding carboxylic acids is 2. The van der Waals surface area contributed by atoms with Crippen LogP contribution in [0.3, 0.4) is 0 Å². The summed E-state index contributed by atoms with van der Waals surface area (Å²) in [6.07, 6.45) is 0.557. The molecule has 0 fully saturated rings. The number of fused-ring (bicyclic) bond motifs is 2. The number of nitrogens with one attached hydrogen (secondary N) is 2. The minimum Gasteiger partial charge on any atom is -0.497 e. The van der Waals surface area contributed by atoms with E-state index in [2.05, 4.69) is 30.2 Å². The monoisotopic (exact) mass is 495 g/mol. The van der Waals surface area contributed by atoms with Crippen LogP contribution in [-0.4, -0.2) is 34.8 Å². The summed E-state index contributed by atoms with van der Waals surface area (Å²) >= 11 is 0. The number of methoxy groups -OCH3 is 1. The highest BCUT2D eigenvalue weighted by atomic mass is 16.5. The summed E-state index contributed by atoms with van der Waals surface area (Å²) in [7, 11) is 1.62. The molecule has 3 aromatic carbocycles. The smallest absolute Gasteiger partial charge is 0.255 e. The third kappa shape index (κ3) is 4.59. The van der Waals surface area contributed by atoms with Crippen molar-refractivity contribution >= 4 is 22.7 Å². The van der Waals surface area contributed by atoms with Gasteiger partial charge in [0.25, 0.3) is 5.91 Å². The number of benzene rings is 3. The zero-order valence-corrected chi connectivity index (χ0v) is 21.7. The molecule has 0 aliphatic carbocycles. The van der Waals surface area contributed by atoms with Crippen molar-refractivity contribution in [2.24, 2.45) is 5.92 Å². The molecule has 2 atom stereocenters. The maximum atomic E-state index is 14.0. The van der Waals surface area contributed by atoms with E-state index in [1.807, 2.05) is 78.6 Å². The van der Waals surface area contributed by atoms with Gasteiger partial charge in [-0.25, -0.2) is 0 Å². The fourth-order valence-corrected chi connectivity index (χ4v) is 5.49. The highest BCUT2D eigenvalue weighted by Gasteiger charge is 2.45. The Balaban J connectivity index is 1.55. The van der Waals surface area contributed by atoms with Gasteiger partial charge in [-0.1, -0.05) is 62.4 Å². The van der Waals surface area contributed by atoms with E-state index in [0.29, 0.717) is 18.5 Å². The molecule has 6 heteroatoms. The van der Waals surface area contributed by atoms with Crippen LogP contribution >= 0.6 is 0 Å². The molecule has 0 saturated carbocycles. The molecule has 2 unspecified atom stereocenters. The lowest BCUT2D eigenvalue weighted by molar-refractivity contribution is -0.126. The highest BCUT2D eigenvalue weighted by molar-refractivity contribution is 6.03. The molecular weight excluding hydrogens is 462 g/mol. The molecule has 0 radical (unpaired) electrons. The Morgan fingerprint density at radius 3 is 2.59 bits per heavy atom. The van der Waals surface area contributed by atoms with Gasteiger partial charge in [-0.15, -0.1) is 0 Å². The normalized spacial score (nSPS) is 15.8. The highest BCUT2D eigenvalue weighted by Crippen LogP contribution is 2.44. The lowest BCUT2D eigenvalue weighted by Crippen LogP contribution is -2.49. The molecule has 5 rings (SSSR count). The van der Waals surface area contributed by atoms with Crippen LogP contribution < -0.4 is 10.1 Å². The Kier molecular flexibility index (Phi) is 6.74. The summed E-state index contributed by atoms with van der Waals surface area (Å²) in [4.78, 5) is 33.1. The van der Waals surface area contributed by atoms with Crippen molar-refractivity contribution in [1.82, 2.24) is 15.2 Å². The molecule has 1 aromatic heterocycles. The van der Waals surface area contributed by atoms with E-state index < -0.39 is 6.04 Å². The number of ether oxygens (including phenoxy) is 1. The molecule has 2 heterocycles. The van der Waals surface area contributed by atoms with Crippen LogP contribution in [0, 0.1) is 12.8 Å². The quantitative estimate of drug-likeness (QED) is 0.326. The Labute approximate surface area is 217 Å². The second kappa shape index (κ2) is 10.1. The molecule has 2 amide bonds. The number of hydrogen-bond acceptors (Lipinski definition) is 3. The number of aryl methyl sites for hydroxylation is 1. The van der Waals surface area contributed by atoms with Gasteiger partial charge in [-0.05, 0) is 54.7 Å². The predicted octanol–water partition coefficient (Wildman–Crippen LogP) is 5.76. The molecule has 1 aliphatic heterocycles. The number of hydrogen-bond donors (Lipinski definition) is 2. The lowest BCUT2D eigenvalue weighted by atomic mass is 9.93. The largest absolute Gasteiger partial charge is 0.497 e. The van der Waals surface area contributed by atoms with E-state index in [-0.39, 0.29) is 23.8 Å². The maximum absolute atomic E-state index is 14.0. The Bertz CT molecular complexity index is 1460. The van der Waals surface area contributed by atoms with Gasteiger partial charge in [-0.2, -0.15) is 0 Å². The fraction of sp³-hybridized carbons (Fsp3) is 0.290. The molecule has 0 spiro atoms. The first-order valence-electron chi connectivity index (χ1n) is 12.8. The van der Waals surface area contributed by atoms with Gasteiger partial charge in [0.1, 0.15) is 11.8 Å². The van der Waals surface area contributed by atoms with Crippen molar-refractivity contribution in [3.05, 3.63) is 101 Å². The standard InChI is InChI=1S/C31H33N3O3/c1-19(2)16-27(30(35)32-18-21-10-9-11-22(17-21)37-4)34-29(23-12-5-6-13-24(23)31(34)36)28-20(3)33-26-15-8-7-14-25(26)28/h5-15,17,19,27,29,33H,16,18H2,1-4H3,(H,32,35). The second-order valence-electron chi connectivity index (χ2n) is 10.1. The number of H-pyrrole nitrogens is 1. The lowest BCUT2D eigenvalue weighted by Gasteiger charge is -2.34. The zero-order valence-electron chi connectivity index (χ0n) is 21.7. The summed E-state index contributed by atoms with van der Waals surface area (Å²) in [5.74, 6) is 0.701. The van der Waals surface area contributed by atoms with E-state index in [4.69, 9.17) is 4.74 Å². The summed E-state index contributed by atoms with van der Waals surface area (Å²) in [6, 6.07) is 22.5. The number of para-hydroxylation sites is 1. The van der Waals surface area contributed by atoms with Crippen LogP contribution in [0.1, 0.15) is 59.1 Å². The van der Waals surface area contributed by atoms with Gasteiger partial charge in [-0.3, -0.25) is 9.59 Å². The molecule has 2 N–H and O–H groups in total. The predicted molar refractivity (Wildman–Crippen MR) is 146 cm³/mol. The van der Waals surface area contributed by atoms with Crippen molar-refractivity contribution < 1.29 is 14.3 Å². The van der Waals surface area contributed by atoms with Crippen LogP contribution in [0.25, 0.3) is 10.9 Å². The number of aromatic nitrogens is 1. The van der Waals surface area contributed by atoms with Crippen molar-refractivity contribution in [2.75, 3.05) is 7.11 Å². The van der Waals surface area contributed by atoms with Gasteiger partial charge >= 0.3 is 0 Å². The second-order valence-corrected chi connectivity index (χ2v) is 10.1. The van der Waals surface area contributed by atoms with Crippen molar-refractivity contribution in [3.8, 4) is 5.75 Å². The molecule has 6 nitrogen and oxygen atoms in total. The number of nitrogens with zero attached hydrogens (tertiary/aromatic N) is 1. The molecule has 0 bridgehead atoms. The van der Waals surface area contributed by atoms with Crippen LogP contribution in [0.5, 0.6) is 5.75 Å². The van der Waals surface area contributed by atoms with Crippen LogP contribution in [-0.2, 0) is 11.3 Å². The number of rotatable bonds is 8. The van der Waals surface area contributed by atoms with Crippen molar-refractivity contribution in [3.63, 3.8) is 0 Å². The van der Waals surface area contributed by atoms with Gasteiger partial charge in [0.2, 0.25) is 5.91 Å². The van der Waals surface area contributed by atoms with Crippen LogP contribution in [0.4, 0.5) is 0 Å². The summed E-state index contributed by atoms with van der Waals surface area (Å²) in [5, 5.41) is 4.17. The zero-order chi connectivity index (χ0) is 26.1. The van der Waals surface area contributed by atoms with Crippen LogP contribution in [0.15, 0.2) is 72.8 Å². The minimum absolute atomic E-state index is 0.104. The topological polar surface area (TPSA) is 74.4 Å². The van der Waals surface area contributed by atoms with E-state index in [1.165, 1.54) is 0 Å². The van der Waals surface area contributed by atoms with Gasteiger partial charge < -0.3 is 19.9 Å². The number of aromatic amines is 1. The molecule has 190 valence electrons. The van der Waals surface area contributed by atoms with E-state index in [9.17, 15) is 9.59 Å². The Morgan fingerprint density at radius 1 is 1.05 bits per heavy atom. The van der Waals surface area contributed by atoms with Crippen molar-refractivity contribution in [2.45, 2.75) is 45.8 Å². The molecule has 37 heavy (non-hydrogen) atoms. The summed E-state index contributed by atoms with van der Waals surface area (Å²) < 4.78 is 5.33. The average Bonchev–Trinajstić information content (AvgIpc) is 3.38. The average molecular weight is 496 g/mol. The van der Waals surface area contributed by atoms with Crippen LogP contribution in [0.2, 0.25) is 0 Å². The molecule has 0 saturated heterocycles. The van der Waals surface area contributed by atoms with Gasteiger partial charge in [0.15, 0.2) is 0 Å². The SMILES string of the molecule is COc1cccc(CNC(=O)C(CC(C)C)N2C(=O)c3ccccc3C2c2c(C)[nH]c3ccccc23)c1. The number of amides is 2. The maximum Gasteiger partial charge on any atom is 0.255 e. The molecule has 1 aliphatic rings. The van der Waals surface area contributed by atoms with E-state index in [1.54, 1.807) is 7.11 Å². The summed E-state index contributed by atoms with van der Waals surface area (Å²) in [5.41, 5.74) is 5.61. The van der Waals surface area contributed by atoms with Crippen molar-refractivity contribution in [1.29, 1.82) is 0 Å². The van der Waals surface area contributed by atoms with Gasteiger partial charge in [0.05, 0.1) is 13.2 Å². The van der Waals surface area contributed by atoms with Gasteiger partial charge in [0, 0.05) is 34.3 Å². The summed E-state index contributed by atoms with van der Waals surface area (Å²) in [6.45, 7) is 6.57. The fourth-order valence-electron chi connectivity index (χ4n) is 5.49. The van der Waals surface area contributed by atoms with E-state index in [0.717, 1.165) is 39.0 Å².